The van der Waals surface area contributed by atoms with Crippen LogP contribution in [0, 0.1) is 5.41 Å². The average Bonchev–Trinajstić information content (AvgIpc) is 2.73. The smallest absolute Gasteiger partial charge is 0.315 e. The van der Waals surface area contributed by atoms with Gasteiger partial charge in [0.1, 0.15) is 5.41 Å². The van der Waals surface area contributed by atoms with E-state index >= 15 is 0 Å². The molecule has 19 heavy (non-hydrogen) atoms. The Morgan fingerprint density at radius 3 is 2.53 bits per heavy atom. The third-order valence-corrected chi connectivity index (χ3v) is 4.19. The molecule has 1 saturated carbocycles. The minimum atomic E-state index is -1.04. The molecule has 1 aliphatic carbocycles. The lowest BCUT2D eigenvalue weighted by Crippen LogP contribution is -2.54. The maximum Gasteiger partial charge on any atom is 0.315 e. The van der Waals surface area contributed by atoms with Crippen molar-refractivity contribution in [1.29, 1.82) is 0 Å². The highest BCUT2D eigenvalue weighted by atomic mass is 16.5. The Morgan fingerprint density at radius 2 is 1.89 bits per heavy atom. The number of carboxylic acids is 1. The number of carbonyl (C=O) groups excluding carboxylic acids is 1. The Hall–Kier alpha value is -1.30. The number of hydrogen-bond acceptors (Lipinski definition) is 3. The van der Waals surface area contributed by atoms with E-state index in [0.29, 0.717) is 0 Å². The van der Waals surface area contributed by atoms with E-state index in [0.717, 1.165) is 25.7 Å². The van der Waals surface area contributed by atoms with E-state index in [1.807, 2.05) is 0 Å². The van der Waals surface area contributed by atoms with Crippen molar-refractivity contribution in [3.8, 4) is 0 Å². The number of nitrogens with one attached hydrogen (secondary N) is 2. The lowest BCUT2D eigenvalue weighted by molar-refractivity contribution is -0.148. The summed E-state index contributed by atoms with van der Waals surface area (Å²) in [6, 6.07) is -0.546. The van der Waals surface area contributed by atoms with Gasteiger partial charge in [0.15, 0.2) is 0 Å². The van der Waals surface area contributed by atoms with E-state index in [1.54, 1.807) is 6.92 Å². The van der Waals surface area contributed by atoms with Crippen LogP contribution in [-0.4, -0.2) is 42.4 Å². The summed E-state index contributed by atoms with van der Waals surface area (Å²) in [6.45, 7) is 1.99. The first kappa shape index (κ1) is 14.1. The molecule has 0 radical (unpaired) electrons. The minimum absolute atomic E-state index is 0.136. The molecular formula is C13H22N2O4. The molecular weight excluding hydrogens is 248 g/mol. The highest BCUT2D eigenvalue weighted by Crippen LogP contribution is 2.28. The molecule has 0 aromatic heterocycles. The number of rotatable bonds is 3. The monoisotopic (exact) mass is 270 g/mol. The van der Waals surface area contributed by atoms with Crippen LogP contribution in [0.4, 0.5) is 4.79 Å². The van der Waals surface area contributed by atoms with Gasteiger partial charge in [-0.3, -0.25) is 4.79 Å². The maximum absolute atomic E-state index is 11.9. The van der Waals surface area contributed by atoms with Gasteiger partial charge in [-0.1, -0.05) is 19.3 Å². The predicted octanol–water partition coefficient (Wildman–Crippen LogP) is 1.11. The normalized spacial score (nSPS) is 31.9. The van der Waals surface area contributed by atoms with Crippen molar-refractivity contribution in [1.82, 2.24) is 10.6 Å². The van der Waals surface area contributed by atoms with Gasteiger partial charge >= 0.3 is 12.0 Å². The lowest BCUT2D eigenvalue weighted by atomic mass is 9.85. The van der Waals surface area contributed by atoms with Crippen LogP contribution in [0.2, 0.25) is 0 Å². The number of aliphatic carboxylic acids is 1. The molecule has 2 aliphatic rings. The van der Waals surface area contributed by atoms with Gasteiger partial charge in [0.25, 0.3) is 0 Å². The molecule has 6 nitrogen and oxygen atoms in total. The van der Waals surface area contributed by atoms with E-state index in [-0.39, 0.29) is 25.3 Å². The van der Waals surface area contributed by atoms with Gasteiger partial charge in [-0.2, -0.15) is 0 Å². The van der Waals surface area contributed by atoms with Crippen molar-refractivity contribution in [2.75, 3.05) is 13.2 Å². The number of amides is 2. The molecule has 2 unspecified atom stereocenters. The molecule has 2 rings (SSSR count). The standard InChI is InChI=1S/C13H22N2O4/c1-13(11(16)17)8-19-7-10(13)15-12(18)14-9-5-3-2-4-6-9/h9-10H,2-8H2,1H3,(H,16,17)(H2,14,15,18). The summed E-state index contributed by atoms with van der Waals surface area (Å²) in [5.74, 6) is -0.937. The van der Waals surface area contributed by atoms with E-state index in [2.05, 4.69) is 10.6 Å². The number of carbonyl (C=O) groups is 2. The van der Waals surface area contributed by atoms with E-state index in [4.69, 9.17) is 4.74 Å². The molecule has 2 amide bonds. The van der Waals surface area contributed by atoms with E-state index < -0.39 is 17.4 Å². The Bertz CT molecular complexity index is 355. The minimum Gasteiger partial charge on any atom is -0.481 e. The third-order valence-electron chi connectivity index (χ3n) is 4.19. The zero-order valence-corrected chi connectivity index (χ0v) is 11.3. The molecule has 0 bridgehead atoms. The number of urea groups is 1. The molecule has 0 aromatic carbocycles. The first-order chi connectivity index (χ1) is 9.02. The topological polar surface area (TPSA) is 87.7 Å². The summed E-state index contributed by atoms with van der Waals surface area (Å²) in [7, 11) is 0. The molecule has 2 atom stereocenters. The van der Waals surface area contributed by atoms with Crippen molar-refractivity contribution in [3.05, 3.63) is 0 Å². The predicted molar refractivity (Wildman–Crippen MR) is 68.9 cm³/mol. The molecule has 0 spiro atoms. The van der Waals surface area contributed by atoms with E-state index in [1.165, 1.54) is 6.42 Å². The maximum atomic E-state index is 11.9. The fraction of sp³-hybridized carbons (Fsp3) is 0.846. The highest BCUT2D eigenvalue weighted by Gasteiger charge is 2.47. The van der Waals surface area contributed by atoms with E-state index in [9.17, 15) is 14.7 Å². The molecule has 0 aromatic rings. The number of ether oxygens (including phenoxy) is 1. The number of hydrogen-bond donors (Lipinski definition) is 3. The first-order valence-corrected chi connectivity index (χ1v) is 6.90. The van der Waals surface area contributed by atoms with Gasteiger partial charge in [-0.15, -0.1) is 0 Å². The van der Waals surface area contributed by atoms with Crippen molar-refractivity contribution in [2.45, 2.75) is 51.1 Å². The fourth-order valence-corrected chi connectivity index (χ4v) is 2.72. The van der Waals surface area contributed by atoms with Gasteiger partial charge in [-0.25, -0.2) is 4.79 Å². The summed E-state index contributed by atoms with van der Waals surface area (Å²) in [4.78, 5) is 23.2. The lowest BCUT2D eigenvalue weighted by Gasteiger charge is -2.28. The van der Waals surface area contributed by atoms with Crippen LogP contribution in [0.25, 0.3) is 0 Å². The highest BCUT2D eigenvalue weighted by molar-refractivity contribution is 5.79. The molecule has 108 valence electrons. The second-order valence-corrected chi connectivity index (χ2v) is 5.74. The summed E-state index contributed by atoms with van der Waals surface area (Å²) >= 11 is 0. The molecule has 6 heteroatoms. The summed E-state index contributed by atoms with van der Waals surface area (Å²) in [5.41, 5.74) is -1.04. The molecule has 1 saturated heterocycles. The second-order valence-electron chi connectivity index (χ2n) is 5.74. The molecule has 2 fully saturated rings. The van der Waals surface area contributed by atoms with Crippen molar-refractivity contribution in [2.24, 2.45) is 5.41 Å². The first-order valence-electron chi connectivity index (χ1n) is 6.90. The van der Waals surface area contributed by atoms with Crippen molar-refractivity contribution < 1.29 is 19.4 Å². The number of carboxylic acid groups (broad SMARTS) is 1. The van der Waals surface area contributed by atoms with Crippen molar-refractivity contribution in [3.63, 3.8) is 0 Å². The Labute approximate surface area is 112 Å². The zero-order valence-electron chi connectivity index (χ0n) is 11.3. The van der Waals surface area contributed by atoms with Gasteiger partial charge in [0.05, 0.1) is 19.3 Å². The summed E-state index contributed by atoms with van der Waals surface area (Å²) < 4.78 is 5.20. The third kappa shape index (κ3) is 3.18. The average molecular weight is 270 g/mol. The SMILES string of the molecule is CC1(C(=O)O)COCC1NC(=O)NC1CCCCC1. The van der Waals surface area contributed by atoms with Crippen LogP contribution in [0.1, 0.15) is 39.0 Å². The molecule has 1 aliphatic heterocycles. The van der Waals surface area contributed by atoms with Crippen molar-refractivity contribution >= 4 is 12.0 Å². The zero-order chi connectivity index (χ0) is 13.9. The van der Waals surface area contributed by atoms with Gasteiger partial charge in [-0.05, 0) is 19.8 Å². The quantitative estimate of drug-likeness (QED) is 0.717. The van der Waals surface area contributed by atoms with Gasteiger partial charge < -0.3 is 20.5 Å². The summed E-state index contributed by atoms with van der Waals surface area (Å²) in [6.07, 6.45) is 5.53. The Morgan fingerprint density at radius 1 is 1.21 bits per heavy atom. The van der Waals surface area contributed by atoms with Crippen LogP contribution in [0.3, 0.4) is 0 Å². The fourth-order valence-electron chi connectivity index (χ4n) is 2.72. The van der Waals surface area contributed by atoms with Crippen LogP contribution >= 0.6 is 0 Å². The Kier molecular flexibility index (Phi) is 4.29. The largest absolute Gasteiger partial charge is 0.481 e. The van der Waals surface area contributed by atoms with Crippen LogP contribution < -0.4 is 10.6 Å². The molecule has 1 heterocycles. The van der Waals surface area contributed by atoms with Crippen LogP contribution in [0.5, 0.6) is 0 Å². The molecule has 3 N–H and O–H groups in total. The summed E-state index contributed by atoms with van der Waals surface area (Å²) in [5, 5.41) is 14.9. The van der Waals surface area contributed by atoms with Crippen LogP contribution in [-0.2, 0) is 9.53 Å². The Balaban J connectivity index is 1.86. The van der Waals surface area contributed by atoms with Gasteiger partial charge in [0, 0.05) is 6.04 Å². The van der Waals surface area contributed by atoms with Gasteiger partial charge in [0.2, 0.25) is 0 Å². The van der Waals surface area contributed by atoms with Crippen LogP contribution in [0.15, 0.2) is 0 Å². The second kappa shape index (κ2) is 5.77.